The first kappa shape index (κ1) is 15.1. The molecule has 2 rings (SSSR count). The van der Waals surface area contributed by atoms with Crippen LogP contribution in [0.3, 0.4) is 0 Å². The SMILES string of the molecule is N#Cc1ccc(Cl)cc1NC(=O)c1cc(Cl)ccc1I. The molecule has 0 aliphatic carbocycles. The Morgan fingerprint density at radius 3 is 2.50 bits per heavy atom. The summed E-state index contributed by atoms with van der Waals surface area (Å²) >= 11 is 13.8. The lowest BCUT2D eigenvalue weighted by Crippen LogP contribution is -2.14. The minimum absolute atomic E-state index is 0.337. The predicted molar refractivity (Wildman–Crippen MR) is 88.3 cm³/mol. The van der Waals surface area contributed by atoms with E-state index in [1.807, 2.05) is 28.7 Å². The van der Waals surface area contributed by atoms with Crippen molar-refractivity contribution in [1.29, 1.82) is 5.26 Å². The molecule has 0 atom stereocenters. The number of hydrogen-bond acceptors (Lipinski definition) is 2. The lowest BCUT2D eigenvalue weighted by molar-refractivity contribution is 0.102. The van der Waals surface area contributed by atoms with Gasteiger partial charge in [0.05, 0.1) is 16.8 Å². The van der Waals surface area contributed by atoms with Gasteiger partial charge in [0.25, 0.3) is 5.91 Å². The van der Waals surface area contributed by atoms with Gasteiger partial charge in [-0.3, -0.25) is 4.79 Å². The van der Waals surface area contributed by atoms with Crippen molar-refractivity contribution < 1.29 is 4.79 Å². The maximum Gasteiger partial charge on any atom is 0.256 e. The van der Waals surface area contributed by atoms with Gasteiger partial charge >= 0.3 is 0 Å². The molecule has 2 aromatic rings. The van der Waals surface area contributed by atoms with E-state index < -0.39 is 0 Å². The summed E-state index contributed by atoms with van der Waals surface area (Å²) in [6, 6.07) is 11.7. The van der Waals surface area contributed by atoms with E-state index in [9.17, 15) is 4.79 Å². The largest absolute Gasteiger partial charge is 0.321 e. The number of anilines is 1. The van der Waals surface area contributed by atoms with E-state index in [-0.39, 0.29) is 5.91 Å². The number of carbonyl (C=O) groups excluding carboxylic acids is 1. The summed E-state index contributed by atoms with van der Waals surface area (Å²) in [7, 11) is 0. The monoisotopic (exact) mass is 416 g/mol. The van der Waals surface area contributed by atoms with E-state index in [2.05, 4.69) is 5.32 Å². The Hall–Kier alpha value is -1.29. The van der Waals surface area contributed by atoms with Gasteiger partial charge in [-0.25, -0.2) is 0 Å². The van der Waals surface area contributed by atoms with Crippen LogP contribution in [-0.4, -0.2) is 5.91 Å². The van der Waals surface area contributed by atoms with Crippen molar-refractivity contribution in [2.75, 3.05) is 5.32 Å². The molecule has 0 unspecified atom stereocenters. The lowest BCUT2D eigenvalue weighted by Gasteiger charge is -2.09. The summed E-state index contributed by atoms with van der Waals surface area (Å²) in [5.74, 6) is -0.337. The van der Waals surface area contributed by atoms with E-state index in [0.29, 0.717) is 26.9 Å². The highest BCUT2D eigenvalue weighted by Gasteiger charge is 2.13. The number of nitrogens with one attached hydrogen (secondary N) is 1. The van der Waals surface area contributed by atoms with Crippen LogP contribution in [-0.2, 0) is 0 Å². The Balaban J connectivity index is 2.35. The van der Waals surface area contributed by atoms with E-state index >= 15 is 0 Å². The smallest absolute Gasteiger partial charge is 0.256 e. The second-order valence-electron chi connectivity index (χ2n) is 3.88. The number of amides is 1. The third kappa shape index (κ3) is 3.42. The van der Waals surface area contributed by atoms with Crippen LogP contribution in [0, 0.1) is 14.9 Å². The van der Waals surface area contributed by atoms with Crippen molar-refractivity contribution in [1.82, 2.24) is 0 Å². The topological polar surface area (TPSA) is 52.9 Å². The fraction of sp³-hybridized carbons (Fsp3) is 0. The van der Waals surface area contributed by atoms with Crippen LogP contribution in [0.4, 0.5) is 5.69 Å². The van der Waals surface area contributed by atoms with Gasteiger partial charge in [0, 0.05) is 13.6 Å². The maximum absolute atomic E-state index is 12.2. The molecule has 0 fully saturated rings. The normalized spacial score (nSPS) is 9.90. The molecule has 0 saturated carbocycles. The minimum atomic E-state index is -0.337. The van der Waals surface area contributed by atoms with Gasteiger partial charge in [-0.2, -0.15) is 5.26 Å². The van der Waals surface area contributed by atoms with Crippen LogP contribution in [0.1, 0.15) is 15.9 Å². The number of nitrogens with zero attached hydrogens (tertiary/aromatic N) is 1. The molecule has 0 heterocycles. The maximum atomic E-state index is 12.2. The summed E-state index contributed by atoms with van der Waals surface area (Å²) in [4.78, 5) is 12.2. The van der Waals surface area contributed by atoms with E-state index in [0.717, 1.165) is 3.57 Å². The molecule has 100 valence electrons. The molecule has 0 aliphatic rings. The highest BCUT2D eigenvalue weighted by atomic mass is 127. The Morgan fingerprint density at radius 1 is 1.15 bits per heavy atom. The fourth-order valence-corrected chi connectivity index (χ4v) is 2.50. The molecule has 3 nitrogen and oxygen atoms in total. The average molecular weight is 417 g/mol. The molecule has 0 bridgehead atoms. The van der Waals surface area contributed by atoms with Crippen LogP contribution >= 0.6 is 45.8 Å². The highest BCUT2D eigenvalue weighted by Crippen LogP contribution is 2.23. The predicted octanol–water partition coefficient (Wildman–Crippen LogP) is 4.72. The second-order valence-corrected chi connectivity index (χ2v) is 5.92. The third-order valence-corrected chi connectivity index (χ3v) is 3.93. The van der Waals surface area contributed by atoms with Gasteiger partial charge in [-0.05, 0) is 59.0 Å². The van der Waals surface area contributed by atoms with Crippen molar-refractivity contribution in [3.63, 3.8) is 0 Å². The number of nitriles is 1. The summed E-state index contributed by atoms with van der Waals surface area (Å²) < 4.78 is 0.769. The second kappa shape index (κ2) is 6.44. The Kier molecular flexibility index (Phi) is 4.86. The van der Waals surface area contributed by atoms with Crippen molar-refractivity contribution in [2.45, 2.75) is 0 Å². The number of hydrogen-bond donors (Lipinski definition) is 1. The van der Waals surface area contributed by atoms with Crippen LogP contribution in [0.2, 0.25) is 10.0 Å². The molecule has 20 heavy (non-hydrogen) atoms. The number of halogens is 3. The van der Waals surface area contributed by atoms with Gasteiger partial charge in [0.1, 0.15) is 6.07 Å². The van der Waals surface area contributed by atoms with Gasteiger partial charge in [0.15, 0.2) is 0 Å². The molecule has 0 saturated heterocycles. The zero-order valence-electron chi connectivity index (χ0n) is 9.95. The van der Waals surface area contributed by atoms with E-state index in [1.165, 1.54) is 6.07 Å². The van der Waals surface area contributed by atoms with Gasteiger partial charge in [-0.1, -0.05) is 23.2 Å². The number of rotatable bonds is 2. The first-order valence-electron chi connectivity index (χ1n) is 5.47. The van der Waals surface area contributed by atoms with Crippen LogP contribution < -0.4 is 5.32 Å². The zero-order chi connectivity index (χ0) is 14.7. The first-order valence-corrected chi connectivity index (χ1v) is 7.31. The van der Waals surface area contributed by atoms with E-state index in [1.54, 1.807) is 30.3 Å². The average Bonchev–Trinajstić information content (AvgIpc) is 2.41. The molecule has 0 radical (unpaired) electrons. The summed E-state index contributed by atoms with van der Waals surface area (Å²) in [6.45, 7) is 0. The summed E-state index contributed by atoms with van der Waals surface area (Å²) in [5, 5.41) is 12.6. The van der Waals surface area contributed by atoms with Crippen LogP contribution in [0.5, 0.6) is 0 Å². The molecule has 6 heteroatoms. The van der Waals surface area contributed by atoms with Crippen molar-refractivity contribution >= 4 is 57.4 Å². The molecular formula is C14H7Cl2IN2O. The highest BCUT2D eigenvalue weighted by molar-refractivity contribution is 14.1. The van der Waals surface area contributed by atoms with Gasteiger partial charge in [0.2, 0.25) is 0 Å². The van der Waals surface area contributed by atoms with Crippen molar-refractivity contribution in [2.24, 2.45) is 0 Å². The molecule has 0 spiro atoms. The molecular weight excluding hydrogens is 410 g/mol. The number of carbonyl (C=O) groups is 1. The molecule has 0 aromatic heterocycles. The quantitative estimate of drug-likeness (QED) is 0.720. The Bertz CT molecular complexity index is 726. The molecule has 2 aromatic carbocycles. The van der Waals surface area contributed by atoms with Crippen molar-refractivity contribution in [3.05, 3.63) is 61.1 Å². The Morgan fingerprint density at radius 2 is 1.80 bits per heavy atom. The molecule has 0 aliphatic heterocycles. The minimum Gasteiger partial charge on any atom is -0.321 e. The van der Waals surface area contributed by atoms with Gasteiger partial charge < -0.3 is 5.32 Å². The number of benzene rings is 2. The third-order valence-electron chi connectivity index (χ3n) is 2.52. The van der Waals surface area contributed by atoms with Gasteiger partial charge in [-0.15, -0.1) is 0 Å². The zero-order valence-corrected chi connectivity index (χ0v) is 13.6. The standard InChI is InChI=1S/C14H7Cl2IN2O/c15-9-3-4-12(17)11(5-9)14(20)19-13-6-10(16)2-1-8(13)7-18/h1-6H,(H,19,20). The van der Waals surface area contributed by atoms with E-state index in [4.69, 9.17) is 28.5 Å². The summed E-state index contributed by atoms with van der Waals surface area (Å²) in [5.41, 5.74) is 1.17. The summed E-state index contributed by atoms with van der Waals surface area (Å²) in [6.07, 6.45) is 0. The Labute approximate surface area is 139 Å². The fourth-order valence-electron chi connectivity index (χ4n) is 1.58. The molecule has 1 N–H and O–H groups in total. The van der Waals surface area contributed by atoms with Crippen molar-refractivity contribution in [3.8, 4) is 6.07 Å². The van der Waals surface area contributed by atoms with Crippen LogP contribution in [0.25, 0.3) is 0 Å². The molecule has 1 amide bonds. The van der Waals surface area contributed by atoms with Crippen LogP contribution in [0.15, 0.2) is 36.4 Å². The lowest BCUT2D eigenvalue weighted by atomic mass is 10.1. The first-order chi connectivity index (χ1) is 9.51.